The van der Waals surface area contributed by atoms with Gasteiger partial charge >= 0.3 is 0 Å². The molecule has 27 heavy (non-hydrogen) atoms. The van der Waals surface area contributed by atoms with E-state index in [4.69, 9.17) is 11.5 Å². The van der Waals surface area contributed by atoms with Crippen molar-refractivity contribution in [3.8, 4) is 0 Å². The second-order valence-corrected chi connectivity index (χ2v) is 6.84. The Hall–Kier alpha value is -3.20. The Kier molecular flexibility index (Phi) is 4.59. The lowest BCUT2D eigenvalue weighted by atomic mass is 9.92. The first-order valence-electron chi connectivity index (χ1n) is 8.98. The van der Waals surface area contributed by atoms with Crippen LogP contribution in [0.5, 0.6) is 0 Å². The Morgan fingerprint density at radius 3 is 2.56 bits per heavy atom. The number of amides is 1. The van der Waals surface area contributed by atoms with Crippen molar-refractivity contribution in [2.75, 3.05) is 10.6 Å². The summed E-state index contributed by atoms with van der Waals surface area (Å²) in [5, 5.41) is 6.52. The standard InChI is InChI=1S/C18H22N8O/c19-11-3-7-13(8-4-11)22-17-21-9-14-16(25-17)26-18(24-14)23-12-5-1-10(2-6-12)15(20)27/h1-2,5-6,9,11,13H,3-4,7-8,19H2,(H2,20,27)(H3,21,22,23,24,25,26). The van der Waals surface area contributed by atoms with Gasteiger partial charge in [-0.3, -0.25) is 4.79 Å². The van der Waals surface area contributed by atoms with E-state index < -0.39 is 5.91 Å². The molecule has 3 aromatic rings. The Balaban J connectivity index is 1.46. The average molecular weight is 366 g/mol. The molecule has 0 radical (unpaired) electrons. The van der Waals surface area contributed by atoms with Crippen molar-refractivity contribution in [1.82, 2.24) is 19.9 Å². The van der Waals surface area contributed by atoms with Gasteiger partial charge in [0.15, 0.2) is 5.65 Å². The van der Waals surface area contributed by atoms with Crippen LogP contribution in [0.4, 0.5) is 17.6 Å². The van der Waals surface area contributed by atoms with Gasteiger partial charge in [-0.15, -0.1) is 0 Å². The van der Waals surface area contributed by atoms with Crippen LogP contribution >= 0.6 is 0 Å². The molecule has 7 N–H and O–H groups in total. The molecule has 0 unspecified atom stereocenters. The first kappa shape index (κ1) is 17.2. The minimum Gasteiger partial charge on any atom is -0.366 e. The first-order chi connectivity index (χ1) is 13.1. The van der Waals surface area contributed by atoms with E-state index in [-0.39, 0.29) is 0 Å². The van der Waals surface area contributed by atoms with Gasteiger partial charge < -0.3 is 27.1 Å². The minimum absolute atomic E-state index is 0.309. The number of primary amides is 1. The van der Waals surface area contributed by atoms with E-state index in [1.165, 1.54) is 0 Å². The maximum absolute atomic E-state index is 11.1. The second kappa shape index (κ2) is 7.20. The molecule has 9 nitrogen and oxygen atoms in total. The van der Waals surface area contributed by atoms with Crippen LogP contribution in [-0.4, -0.2) is 37.9 Å². The average Bonchev–Trinajstić information content (AvgIpc) is 3.05. The lowest BCUT2D eigenvalue weighted by molar-refractivity contribution is 0.100. The molecule has 0 saturated heterocycles. The summed E-state index contributed by atoms with van der Waals surface area (Å²) in [6, 6.07) is 7.50. The number of nitrogens with two attached hydrogens (primary N) is 2. The molecular weight excluding hydrogens is 344 g/mol. The molecule has 1 fully saturated rings. The van der Waals surface area contributed by atoms with E-state index >= 15 is 0 Å². The van der Waals surface area contributed by atoms with Crippen LogP contribution < -0.4 is 22.1 Å². The molecule has 9 heteroatoms. The Labute approximate surface area is 156 Å². The Morgan fingerprint density at radius 1 is 1.11 bits per heavy atom. The number of carbonyl (C=O) groups is 1. The monoisotopic (exact) mass is 366 g/mol. The molecule has 140 valence electrons. The summed E-state index contributed by atoms with van der Waals surface area (Å²) in [4.78, 5) is 27.6. The van der Waals surface area contributed by atoms with E-state index in [9.17, 15) is 4.79 Å². The number of anilines is 3. The van der Waals surface area contributed by atoms with Crippen molar-refractivity contribution in [2.45, 2.75) is 37.8 Å². The second-order valence-electron chi connectivity index (χ2n) is 6.84. The SMILES string of the molecule is NC(=O)c1ccc(Nc2nc3nc(NC4CCC(N)CC4)ncc3[nH]2)cc1. The lowest BCUT2D eigenvalue weighted by Crippen LogP contribution is -2.33. The molecule has 2 aromatic heterocycles. The number of nitrogens with zero attached hydrogens (tertiary/aromatic N) is 3. The summed E-state index contributed by atoms with van der Waals surface area (Å²) in [6.07, 6.45) is 5.80. The third-order valence-corrected chi connectivity index (χ3v) is 4.78. The van der Waals surface area contributed by atoms with Gasteiger partial charge in [-0.05, 0) is 49.9 Å². The summed E-state index contributed by atoms with van der Waals surface area (Å²) in [5.41, 5.74) is 13.8. The molecular formula is C18H22N8O. The van der Waals surface area contributed by atoms with Crippen LogP contribution in [-0.2, 0) is 0 Å². The molecule has 2 heterocycles. The summed E-state index contributed by atoms with van der Waals surface area (Å²) >= 11 is 0. The number of hydrogen-bond acceptors (Lipinski definition) is 7. The smallest absolute Gasteiger partial charge is 0.248 e. The number of carbonyl (C=O) groups excluding carboxylic acids is 1. The fourth-order valence-corrected chi connectivity index (χ4v) is 3.24. The first-order valence-corrected chi connectivity index (χ1v) is 8.98. The number of aromatic amines is 1. The van der Waals surface area contributed by atoms with Gasteiger partial charge in [0, 0.05) is 23.3 Å². The van der Waals surface area contributed by atoms with Crippen molar-refractivity contribution in [2.24, 2.45) is 11.5 Å². The van der Waals surface area contributed by atoms with Crippen LogP contribution in [0.3, 0.4) is 0 Å². The van der Waals surface area contributed by atoms with Crippen molar-refractivity contribution >= 4 is 34.7 Å². The minimum atomic E-state index is -0.458. The molecule has 1 saturated carbocycles. The number of benzene rings is 1. The van der Waals surface area contributed by atoms with E-state index in [1.54, 1.807) is 30.5 Å². The summed E-state index contributed by atoms with van der Waals surface area (Å²) in [7, 11) is 0. The number of hydrogen-bond donors (Lipinski definition) is 5. The summed E-state index contributed by atoms with van der Waals surface area (Å²) < 4.78 is 0. The number of fused-ring (bicyclic) bond motifs is 1. The largest absolute Gasteiger partial charge is 0.366 e. The summed E-state index contributed by atoms with van der Waals surface area (Å²) in [5.74, 6) is 0.666. The zero-order valence-electron chi connectivity index (χ0n) is 14.8. The normalized spacial score (nSPS) is 19.7. The third kappa shape index (κ3) is 3.98. The third-order valence-electron chi connectivity index (χ3n) is 4.78. The molecule has 0 spiro atoms. The molecule has 4 rings (SSSR count). The van der Waals surface area contributed by atoms with Crippen LogP contribution in [0.1, 0.15) is 36.0 Å². The predicted octanol–water partition coefficient (Wildman–Crippen LogP) is 1.88. The van der Waals surface area contributed by atoms with E-state index in [0.717, 1.165) is 36.9 Å². The highest BCUT2D eigenvalue weighted by atomic mass is 16.1. The summed E-state index contributed by atoms with van der Waals surface area (Å²) in [6.45, 7) is 0. The van der Waals surface area contributed by atoms with Crippen LogP contribution in [0.25, 0.3) is 11.2 Å². The number of rotatable bonds is 5. The molecule has 0 atom stereocenters. The van der Waals surface area contributed by atoms with Crippen LogP contribution in [0.2, 0.25) is 0 Å². The van der Waals surface area contributed by atoms with E-state index in [0.29, 0.717) is 35.2 Å². The molecule has 1 aliphatic rings. The highest BCUT2D eigenvalue weighted by Crippen LogP contribution is 2.21. The van der Waals surface area contributed by atoms with Crippen molar-refractivity contribution < 1.29 is 4.79 Å². The van der Waals surface area contributed by atoms with Crippen molar-refractivity contribution in [1.29, 1.82) is 0 Å². The van der Waals surface area contributed by atoms with Gasteiger partial charge in [-0.25, -0.2) is 4.98 Å². The van der Waals surface area contributed by atoms with E-state index in [2.05, 4.69) is 30.6 Å². The topological polar surface area (TPSA) is 148 Å². The number of H-pyrrole nitrogens is 1. The van der Waals surface area contributed by atoms with Crippen LogP contribution in [0.15, 0.2) is 30.5 Å². The maximum Gasteiger partial charge on any atom is 0.248 e. The molecule has 0 aliphatic heterocycles. The van der Waals surface area contributed by atoms with Crippen molar-refractivity contribution in [3.05, 3.63) is 36.0 Å². The molecule has 0 bridgehead atoms. The van der Waals surface area contributed by atoms with Gasteiger partial charge in [0.25, 0.3) is 0 Å². The zero-order valence-corrected chi connectivity index (χ0v) is 14.8. The fraction of sp³-hybridized carbons (Fsp3) is 0.333. The van der Waals surface area contributed by atoms with Gasteiger partial charge in [0.2, 0.25) is 17.8 Å². The zero-order chi connectivity index (χ0) is 18.8. The molecule has 1 amide bonds. The maximum atomic E-state index is 11.1. The van der Waals surface area contributed by atoms with Crippen molar-refractivity contribution in [3.63, 3.8) is 0 Å². The highest BCUT2D eigenvalue weighted by molar-refractivity contribution is 5.93. The van der Waals surface area contributed by atoms with Crippen LogP contribution in [0, 0.1) is 0 Å². The molecule has 1 aromatic carbocycles. The highest BCUT2D eigenvalue weighted by Gasteiger charge is 2.19. The van der Waals surface area contributed by atoms with Gasteiger partial charge in [0.1, 0.15) is 5.52 Å². The number of nitrogens with one attached hydrogen (secondary N) is 3. The van der Waals surface area contributed by atoms with Gasteiger partial charge in [-0.2, -0.15) is 9.97 Å². The predicted molar refractivity (Wildman–Crippen MR) is 104 cm³/mol. The van der Waals surface area contributed by atoms with Gasteiger partial charge in [0.05, 0.1) is 6.20 Å². The number of aromatic nitrogens is 4. The molecule has 1 aliphatic carbocycles. The van der Waals surface area contributed by atoms with Gasteiger partial charge in [-0.1, -0.05) is 0 Å². The van der Waals surface area contributed by atoms with E-state index in [1.807, 2.05) is 0 Å². The lowest BCUT2D eigenvalue weighted by Gasteiger charge is -2.26. The fourth-order valence-electron chi connectivity index (χ4n) is 3.24. The Morgan fingerprint density at radius 2 is 1.85 bits per heavy atom. The number of imidazole rings is 1. The Bertz CT molecular complexity index is 944. The quantitative estimate of drug-likeness (QED) is 0.463.